The van der Waals surface area contributed by atoms with Crippen molar-refractivity contribution in [3.63, 3.8) is 0 Å². The van der Waals surface area contributed by atoms with Gasteiger partial charge in [0.05, 0.1) is 5.69 Å². The van der Waals surface area contributed by atoms with Gasteiger partial charge in [-0.05, 0) is 17.7 Å². The van der Waals surface area contributed by atoms with Crippen LogP contribution in [0.15, 0.2) is 30.5 Å². The molecule has 0 saturated carbocycles. The first-order chi connectivity index (χ1) is 10.2. The molecule has 0 unspecified atom stereocenters. The number of nitrogens with zero attached hydrogens (tertiary/aromatic N) is 1. The molecule has 1 fully saturated rings. The lowest BCUT2D eigenvalue weighted by Gasteiger charge is -2.29. The fraction of sp³-hybridized carbons (Fsp3) is 0.267. The summed E-state index contributed by atoms with van der Waals surface area (Å²) >= 11 is 7.83. The zero-order valence-corrected chi connectivity index (χ0v) is 12.9. The van der Waals surface area contributed by atoms with Gasteiger partial charge in [0.1, 0.15) is 5.69 Å². The van der Waals surface area contributed by atoms with Crippen LogP contribution in [0.1, 0.15) is 10.5 Å². The van der Waals surface area contributed by atoms with E-state index in [1.165, 1.54) is 0 Å². The second-order valence-corrected chi connectivity index (χ2v) is 6.50. The summed E-state index contributed by atoms with van der Waals surface area (Å²) in [6.07, 6.45) is 1.77. The molecule has 6 heteroatoms. The van der Waals surface area contributed by atoms with Crippen LogP contribution in [0.2, 0.25) is 5.02 Å². The van der Waals surface area contributed by atoms with Crippen LogP contribution < -0.4 is 4.90 Å². The van der Waals surface area contributed by atoms with Crippen LogP contribution in [-0.4, -0.2) is 40.7 Å². The number of aromatic nitrogens is 1. The van der Waals surface area contributed by atoms with Gasteiger partial charge in [0.25, 0.3) is 0 Å². The molecule has 3 rings (SSSR count). The Kier molecular flexibility index (Phi) is 4.12. The van der Waals surface area contributed by atoms with Crippen LogP contribution in [-0.2, 0) is 0 Å². The average molecular weight is 323 g/mol. The van der Waals surface area contributed by atoms with Crippen molar-refractivity contribution in [1.82, 2.24) is 4.98 Å². The number of thioether (sulfide) groups is 1. The van der Waals surface area contributed by atoms with E-state index in [-0.39, 0.29) is 5.69 Å². The van der Waals surface area contributed by atoms with Crippen molar-refractivity contribution in [2.24, 2.45) is 0 Å². The third kappa shape index (κ3) is 2.89. The number of hydrogen-bond acceptors (Lipinski definition) is 3. The van der Waals surface area contributed by atoms with E-state index in [1.54, 1.807) is 6.20 Å². The lowest BCUT2D eigenvalue weighted by atomic mass is 10.1. The molecule has 110 valence electrons. The molecule has 2 N–H and O–H groups in total. The minimum atomic E-state index is -0.927. The Bertz CT molecular complexity index is 648. The van der Waals surface area contributed by atoms with Crippen LogP contribution in [0.3, 0.4) is 0 Å². The molecule has 21 heavy (non-hydrogen) atoms. The number of carboxylic acids is 1. The second kappa shape index (κ2) is 6.03. The molecule has 2 aromatic rings. The van der Waals surface area contributed by atoms with E-state index in [4.69, 9.17) is 11.6 Å². The predicted molar refractivity (Wildman–Crippen MR) is 87.7 cm³/mol. The Morgan fingerprint density at radius 2 is 1.90 bits per heavy atom. The third-order valence-corrected chi connectivity index (χ3v) is 4.74. The topological polar surface area (TPSA) is 56.3 Å². The largest absolute Gasteiger partial charge is 0.477 e. The van der Waals surface area contributed by atoms with Gasteiger partial charge in [-0.2, -0.15) is 11.8 Å². The quantitative estimate of drug-likeness (QED) is 0.906. The van der Waals surface area contributed by atoms with Crippen molar-refractivity contribution in [2.75, 3.05) is 29.5 Å². The van der Waals surface area contributed by atoms with Crippen molar-refractivity contribution in [2.45, 2.75) is 0 Å². The average Bonchev–Trinajstić information content (AvgIpc) is 2.94. The van der Waals surface area contributed by atoms with Crippen LogP contribution >= 0.6 is 23.4 Å². The molecular formula is C15H15ClN2O2S. The summed E-state index contributed by atoms with van der Waals surface area (Å²) in [5.41, 5.74) is 2.92. The molecular weight excluding hydrogens is 308 g/mol. The number of halogens is 1. The van der Waals surface area contributed by atoms with Crippen LogP contribution in [0.4, 0.5) is 5.69 Å². The fourth-order valence-corrected chi connectivity index (χ4v) is 3.57. The van der Waals surface area contributed by atoms with Gasteiger partial charge in [-0.1, -0.05) is 23.7 Å². The summed E-state index contributed by atoms with van der Waals surface area (Å²) in [6, 6.07) is 7.47. The van der Waals surface area contributed by atoms with Gasteiger partial charge in [0, 0.05) is 41.4 Å². The first-order valence-electron chi connectivity index (χ1n) is 6.70. The van der Waals surface area contributed by atoms with Gasteiger partial charge in [0.2, 0.25) is 0 Å². The lowest BCUT2D eigenvalue weighted by Crippen LogP contribution is -2.33. The van der Waals surface area contributed by atoms with Crippen molar-refractivity contribution in [3.8, 4) is 11.1 Å². The maximum atomic E-state index is 11.5. The Labute approximate surface area is 132 Å². The Morgan fingerprint density at radius 3 is 2.52 bits per heavy atom. The molecule has 0 amide bonds. The SMILES string of the molecule is O=C(O)c1[nH]cc(-c2ccc(Cl)cc2)c1N1CCSCC1. The highest BCUT2D eigenvalue weighted by Gasteiger charge is 2.24. The maximum Gasteiger partial charge on any atom is 0.354 e. The molecule has 0 spiro atoms. The first-order valence-corrected chi connectivity index (χ1v) is 8.23. The van der Waals surface area contributed by atoms with Gasteiger partial charge >= 0.3 is 5.97 Å². The molecule has 0 atom stereocenters. The summed E-state index contributed by atoms with van der Waals surface area (Å²) in [5.74, 6) is 1.11. The summed E-state index contributed by atoms with van der Waals surface area (Å²) in [4.78, 5) is 16.5. The van der Waals surface area contributed by atoms with Crippen LogP contribution in [0.25, 0.3) is 11.1 Å². The summed E-state index contributed by atoms with van der Waals surface area (Å²) in [5, 5.41) is 10.1. The molecule has 1 aliphatic heterocycles. The van der Waals surface area contributed by atoms with Crippen LogP contribution in [0.5, 0.6) is 0 Å². The number of hydrogen-bond donors (Lipinski definition) is 2. The second-order valence-electron chi connectivity index (χ2n) is 4.84. The van der Waals surface area contributed by atoms with Crippen LogP contribution in [0, 0.1) is 0 Å². The molecule has 1 aliphatic rings. The number of rotatable bonds is 3. The highest BCUT2D eigenvalue weighted by Crippen LogP contribution is 2.36. The van der Waals surface area contributed by atoms with Crippen molar-refractivity contribution >= 4 is 35.0 Å². The van der Waals surface area contributed by atoms with Gasteiger partial charge in [-0.25, -0.2) is 4.79 Å². The molecule has 1 aromatic carbocycles. The van der Waals surface area contributed by atoms with E-state index in [2.05, 4.69) is 9.88 Å². The third-order valence-electron chi connectivity index (χ3n) is 3.55. The maximum absolute atomic E-state index is 11.5. The Morgan fingerprint density at radius 1 is 1.24 bits per heavy atom. The monoisotopic (exact) mass is 322 g/mol. The van der Waals surface area contributed by atoms with E-state index < -0.39 is 5.97 Å². The van der Waals surface area contributed by atoms with E-state index >= 15 is 0 Å². The Balaban J connectivity index is 2.07. The number of carbonyl (C=O) groups is 1. The predicted octanol–water partition coefficient (Wildman–Crippen LogP) is 3.59. The highest BCUT2D eigenvalue weighted by molar-refractivity contribution is 7.99. The number of aromatic carboxylic acids is 1. The minimum absolute atomic E-state index is 0.256. The van der Waals surface area contributed by atoms with Gasteiger partial charge in [0.15, 0.2) is 0 Å². The summed E-state index contributed by atoms with van der Waals surface area (Å²) < 4.78 is 0. The van der Waals surface area contributed by atoms with E-state index in [0.29, 0.717) is 5.02 Å². The number of nitrogens with one attached hydrogen (secondary N) is 1. The first kappa shape index (κ1) is 14.4. The normalized spacial score (nSPS) is 15.2. The molecule has 0 aliphatic carbocycles. The van der Waals surface area contributed by atoms with Crippen molar-refractivity contribution < 1.29 is 9.90 Å². The van der Waals surface area contributed by atoms with Crippen molar-refractivity contribution in [1.29, 1.82) is 0 Å². The lowest BCUT2D eigenvalue weighted by molar-refractivity contribution is 0.0692. The molecule has 4 nitrogen and oxygen atoms in total. The molecule has 2 heterocycles. The number of anilines is 1. The standard InChI is InChI=1S/C15H15ClN2O2S/c16-11-3-1-10(2-4-11)12-9-17-13(15(19)20)14(12)18-5-7-21-8-6-18/h1-4,9,17H,5-8H2,(H,19,20). The minimum Gasteiger partial charge on any atom is -0.477 e. The smallest absolute Gasteiger partial charge is 0.354 e. The zero-order chi connectivity index (χ0) is 14.8. The molecule has 1 saturated heterocycles. The molecule has 0 radical (unpaired) electrons. The Hall–Kier alpha value is -1.59. The van der Waals surface area contributed by atoms with Gasteiger partial charge < -0.3 is 15.0 Å². The molecule has 1 aromatic heterocycles. The van der Waals surface area contributed by atoms with E-state index in [1.807, 2.05) is 36.0 Å². The zero-order valence-electron chi connectivity index (χ0n) is 11.3. The van der Waals surface area contributed by atoms with Gasteiger partial charge in [-0.15, -0.1) is 0 Å². The number of benzene rings is 1. The summed E-state index contributed by atoms with van der Waals surface area (Å²) in [7, 11) is 0. The van der Waals surface area contributed by atoms with E-state index in [9.17, 15) is 9.90 Å². The van der Waals surface area contributed by atoms with E-state index in [0.717, 1.165) is 41.4 Å². The number of H-pyrrole nitrogens is 1. The number of carboxylic acid groups (broad SMARTS) is 1. The van der Waals surface area contributed by atoms with Crippen molar-refractivity contribution in [3.05, 3.63) is 41.2 Å². The molecule has 0 bridgehead atoms. The van der Waals surface area contributed by atoms with Gasteiger partial charge in [-0.3, -0.25) is 0 Å². The number of aromatic amines is 1. The summed E-state index contributed by atoms with van der Waals surface area (Å²) in [6.45, 7) is 1.73. The fourth-order valence-electron chi connectivity index (χ4n) is 2.54. The highest BCUT2D eigenvalue weighted by atomic mass is 35.5.